The number of anilines is 3. The summed E-state index contributed by atoms with van der Waals surface area (Å²) in [5.74, 6) is 0. The number of para-hydroxylation sites is 1. The maximum atomic E-state index is 3.95. The molecule has 1 N–H and O–H groups in total. The van der Waals surface area contributed by atoms with E-state index in [2.05, 4.69) is 214 Å². The van der Waals surface area contributed by atoms with Crippen molar-refractivity contribution in [2.45, 2.75) is 38.5 Å². The molecule has 3 aliphatic rings. The number of H-pyrrole nitrogens is 1. The van der Waals surface area contributed by atoms with Crippen molar-refractivity contribution in [3.63, 3.8) is 0 Å². The van der Waals surface area contributed by atoms with Gasteiger partial charge in [0.2, 0.25) is 0 Å². The molecule has 3 heteroatoms. The molecule has 1 aliphatic heterocycles. The molecule has 0 fully saturated rings. The van der Waals surface area contributed by atoms with E-state index in [-0.39, 0.29) is 10.8 Å². The van der Waals surface area contributed by atoms with E-state index in [1.54, 1.807) is 0 Å². The van der Waals surface area contributed by atoms with E-state index in [1.165, 1.54) is 127 Å². The van der Waals surface area contributed by atoms with E-state index in [0.717, 1.165) is 7.28 Å². The lowest BCUT2D eigenvalue weighted by Gasteiger charge is -2.37. The predicted octanol–water partition coefficient (Wildman–Crippen LogP) is 13.6. The van der Waals surface area contributed by atoms with Crippen LogP contribution in [0.15, 0.2) is 176 Å². The zero-order valence-electron chi connectivity index (χ0n) is 34.9. The fraction of sp³-hybridized carbons (Fsp3) is 0.103. The number of rotatable bonds is 3. The molecule has 1 aromatic heterocycles. The van der Waals surface area contributed by atoms with Crippen LogP contribution < -0.4 is 15.8 Å². The van der Waals surface area contributed by atoms with E-state index in [1.807, 2.05) is 0 Å². The molecule has 13 rings (SSSR count). The number of hydrogen-bond donors (Lipinski definition) is 1. The largest absolute Gasteiger partial charge is 0.354 e. The highest BCUT2D eigenvalue weighted by Crippen LogP contribution is 2.53. The van der Waals surface area contributed by atoms with Gasteiger partial charge in [0.1, 0.15) is 0 Å². The van der Waals surface area contributed by atoms with Crippen LogP contribution in [0.5, 0.6) is 0 Å². The number of benzene rings is 9. The summed E-state index contributed by atoms with van der Waals surface area (Å²) in [5.41, 5.74) is 24.4. The van der Waals surface area contributed by atoms with Crippen LogP contribution in [0.25, 0.3) is 77.1 Å². The first-order valence-corrected chi connectivity index (χ1v) is 21.7. The summed E-state index contributed by atoms with van der Waals surface area (Å²) >= 11 is 0. The second kappa shape index (κ2) is 12.2. The summed E-state index contributed by atoms with van der Waals surface area (Å²) in [4.78, 5) is 6.55. The predicted molar refractivity (Wildman–Crippen MR) is 260 cm³/mol. The van der Waals surface area contributed by atoms with Crippen molar-refractivity contribution < 1.29 is 0 Å². The average Bonchev–Trinajstić information content (AvgIpc) is 3.85. The Morgan fingerprint density at radius 3 is 1.84 bits per heavy atom. The summed E-state index contributed by atoms with van der Waals surface area (Å²) in [5, 5.41) is 5.02. The van der Waals surface area contributed by atoms with Gasteiger partial charge >= 0.3 is 0 Å². The van der Waals surface area contributed by atoms with Gasteiger partial charge < -0.3 is 9.88 Å². The third-order valence-corrected chi connectivity index (χ3v) is 14.6. The minimum absolute atomic E-state index is 0.0734. The maximum absolute atomic E-state index is 3.95. The van der Waals surface area contributed by atoms with Crippen molar-refractivity contribution in [3.05, 3.63) is 198 Å². The van der Waals surface area contributed by atoms with Gasteiger partial charge in [-0.1, -0.05) is 167 Å². The van der Waals surface area contributed by atoms with Crippen LogP contribution in [-0.4, -0.2) is 12.3 Å². The molecule has 10 aromatic rings. The summed E-state index contributed by atoms with van der Waals surface area (Å²) in [6.07, 6.45) is 0. The Morgan fingerprint density at radius 1 is 0.426 bits per heavy atom. The highest BCUT2D eigenvalue weighted by molar-refractivity contribution is 6.73. The number of fused-ring (bicyclic) bond motifs is 12. The van der Waals surface area contributed by atoms with Gasteiger partial charge in [-0.2, -0.15) is 0 Å². The fourth-order valence-corrected chi connectivity index (χ4v) is 11.5. The lowest BCUT2D eigenvalue weighted by Crippen LogP contribution is -2.41. The van der Waals surface area contributed by atoms with Crippen LogP contribution in [0, 0.1) is 0 Å². The molecule has 61 heavy (non-hydrogen) atoms. The smallest absolute Gasteiger partial charge is 0.198 e. The maximum Gasteiger partial charge on any atom is 0.198 e. The zero-order valence-corrected chi connectivity index (χ0v) is 34.9. The SMILES string of the molecule is CC1(C)c2ccccc2-c2cc(N3c4cc5c(cc4Bc4c(-c6cccc7c6[nH]c6cc8ccccc8cc67)cc(-c6ccccc6)cc43)C(C)(C)c3ccccc3-5)ccc21. The monoisotopic (exact) mass is 778 g/mol. The van der Waals surface area contributed by atoms with E-state index in [9.17, 15) is 0 Å². The Bertz CT molecular complexity index is 3510. The van der Waals surface area contributed by atoms with Gasteiger partial charge in [-0.15, -0.1) is 0 Å². The molecule has 0 bridgehead atoms. The third-order valence-electron chi connectivity index (χ3n) is 14.6. The van der Waals surface area contributed by atoms with E-state index in [0.29, 0.717) is 0 Å². The van der Waals surface area contributed by atoms with Crippen molar-refractivity contribution in [3.8, 4) is 44.5 Å². The normalized spacial score (nSPS) is 14.9. The molecule has 2 heterocycles. The average molecular weight is 779 g/mol. The van der Waals surface area contributed by atoms with Crippen LogP contribution in [0.4, 0.5) is 17.1 Å². The second-order valence-corrected chi connectivity index (χ2v) is 18.6. The van der Waals surface area contributed by atoms with E-state index < -0.39 is 0 Å². The molecule has 9 aromatic carbocycles. The molecule has 0 saturated carbocycles. The van der Waals surface area contributed by atoms with Gasteiger partial charge in [0.05, 0.1) is 5.52 Å². The third kappa shape index (κ3) is 4.81. The Hall–Kier alpha value is -7.10. The molecule has 0 spiro atoms. The number of nitrogens with zero attached hydrogens (tertiary/aromatic N) is 1. The number of nitrogens with one attached hydrogen (secondary N) is 1. The Morgan fingerprint density at radius 2 is 1.07 bits per heavy atom. The quantitative estimate of drug-likeness (QED) is 0.177. The van der Waals surface area contributed by atoms with Gasteiger partial charge in [0, 0.05) is 49.7 Å². The van der Waals surface area contributed by atoms with Crippen molar-refractivity contribution in [1.29, 1.82) is 0 Å². The minimum atomic E-state index is -0.103. The van der Waals surface area contributed by atoms with Crippen molar-refractivity contribution in [2.24, 2.45) is 0 Å². The molecule has 2 nitrogen and oxygen atoms in total. The first-order valence-electron chi connectivity index (χ1n) is 21.7. The minimum Gasteiger partial charge on any atom is -0.354 e. The highest BCUT2D eigenvalue weighted by atomic mass is 15.1. The first kappa shape index (κ1) is 34.7. The van der Waals surface area contributed by atoms with Gasteiger partial charge in [0.15, 0.2) is 7.28 Å². The zero-order chi connectivity index (χ0) is 40.8. The molecule has 2 aliphatic carbocycles. The van der Waals surface area contributed by atoms with Crippen LogP contribution in [-0.2, 0) is 10.8 Å². The summed E-state index contributed by atoms with van der Waals surface area (Å²) in [6, 6.07) is 66.5. The summed E-state index contributed by atoms with van der Waals surface area (Å²) < 4.78 is 0. The molecule has 288 valence electrons. The van der Waals surface area contributed by atoms with Crippen LogP contribution in [0.3, 0.4) is 0 Å². The van der Waals surface area contributed by atoms with E-state index in [4.69, 9.17) is 0 Å². The second-order valence-electron chi connectivity index (χ2n) is 18.6. The number of aromatic amines is 1. The molecular formula is C58H43BN2. The Balaban J connectivity index is 1.12. The van der Waals surface area contributed by atoms with Crippen molar-refractivity contribution in [2.75, 3.05) is 4.90 Å². The summed E-state index contributed by atoms with van der Waals surface area (Å²) in [7, 11) is 0.826. The van der Waals surface area contributed by atoms with Crippen LogP contribution in [0.1, 0.15) is 49.9 Å². The number of hydrogen-bond acceptors (Lipinski definition) is 1. The number of aromatic nitrogens is 1. The topological polar surface area (TPSA) is 19.0 Å². The Kier molecular flexibility index (Phi) is 6.97. The van der Waals surface area contributed by atoms with Gasteiger partial charge in [-0.3, -0.25) is 0 Å². The molecule has 0 atom stereocenters. The summed E-state index contributed by atoms with van der Waals surface area (Å²) in [6.45, 7) is 9.54. The molecule has 0 saturated heterocycles. The van der Waals surface area contributed by atoms with Gasteiger partial charge in [0.25, 0.3) is 0 Å². The fourth-order valence-electron chi connectivity index (χ4n) is 11.5. The lowest BCUT2D eigenvalue weighted by atomic mass is 9.57. The van der Waals surface area contributed by atoms with E-state index >= 15 is 0 Å². The Labute approximate surface area is 357 Å². The van der Waals surface area contributed by atoms with Crippen LogP contribution >= 0.6 is 0 Å². The molecule has 0 unspecified atom stereocenters. The van der Waals surface area contributed by atoms with Crippen LogP contribution in [0.2, 0.25) is 0 Å². The standard InChI is InChI=1S/C58H43BN2/c1-57(2)47-23-12-10-19-39(47)43-31-38(25-26-49(43)57)61-53-32-44-40-20-11-13-24-48(40)58(3,4)50(44)33-51(53)59-55-46(28-37(30-54(55)61)34-15-6-5-7-16-34)42-22-14-21-41-45-27-35-17-8-9-18-36(35)29-52(45)60-56(41)42/h5-33,59-60H,1-4H3. The van der Waals surface area contributed by atoms with Crippen molar-refractivity contribution >= 4 is 67.8 Å². The van der Waals surface area contributed by atoms with Gasteiger partial charge in [-0.25, -0.2) is 0 Å². The van der Waals surface area contributed by atoms with Crippen molar-refractivity contribution in [1.82, 2.24) is 4.98 Å². The highest BCUT2D eigenvalue weighted by Gasteiger charge is 2.40. The molecular weight excluding hydrogens is 735 g/mol. The molecule has 0 amide bonds. The molecule has 0 radical (unpaired) electrons. The first-order chi connectivity index (χ1) is 29.7. The van der Waals surface area contributed by atoms with Gasteiger partial charge in [-0.05, 0) is 120 Å². The lowest BCUT2D eigenvalue weighted by molar-refractivity contribution is 0.660.